The van der Waals surface area contributed by atoms with E-state index in [1.807, 2.05) is 6.92 Å². The molecule has 0 aromatic carbocycles. The molecule has 4 aliphatic rings. The summed E-state index contributed by atoms with van der Waals surface area (Å²) < 4.78 is 0. The van der Waals surface area contributed by atoms with Crippen molar-refractivity contribution in [3.63, 3.8) is 0 Å². The second-order valence-corrected chi connectivity index (χ2v) is 9.58. The van der Waals surface area contributed by atoms with Crippen LogP contribution in [0.25, 0.3) is 0 Å². The van der Waals surface area contributed by atoms with Gasteiger partial charge in [-0.15, -0.1) is 0 Å². The van der Waals surface area contributed by atoms with Crippen LogP contribution in [0.4, 0.5) is 0 Å². The maximum atomic E-state index is 12.1. The molecule has 0 aliphatic heterocycles. The minimum atomic E-state index is 0.308. The van der Waals surface area contributed by atoms with Crippen molar-refractivity contribution < 1.29 is 9.90 Å². The summed E-state index contributed by atoms with van der Waals surface area (Å²) >= 11 is 0. The van der Waals surface area contributed by atoms with E-state index in [1.165, 1.54) is 51.4 Å². The number of hydrogen-bond acceptors (Lipinski definition) is 2. The third kappa shape index (κ3) is 2.42. The number of aliphatic hydroxyl groups excluding tert-OH is 1. The molecule has 0 bridgehead atoms. The quantitative estimate of drug-likeness (QED) is 0.816. The number of hydrogen-bond donors (Lipinski definition) is 1. The maximum absolute atomic E-state index is 12.1. The molecule has 2 nitrogen and oxygen atoms in total. The Morgan fingerprint density at radius 2 is 1.78 bits per heavy atom. The molecule has 0 spiro atoms. The Morgan fingerprint density at radius 1 is 1.00 bits per heavy atom. The fraction of sp³-hybridized carbons (Fsp3) is 0.952. The zero-order valence-corrected chi connectivity index (χ0v) is 15.0. The lowest BCUT2D eigenvalue weighted by Crippen LogP contribution is -2.49. The summed E-state index contributed by atoms with van der Waals surface area (Å²) in [5.74, 6) is 5.82. The van der Waals surface area contributed by atoms with Gasteiger partial charge in [-0.05, 0) is 106 Å². The minimum absolute atomic E-state index is 0.308. The zero-order chi connectivity index (χ0) is 16.2. The second kappa shape index (κ2) is 5.86. The lowest BCUT2D eigenvalue weighted by molar-refractivity contribution is -0.128. The van der Waals surface area contributed by atoms with Gasteiger partial charge in [-0.1, -0.05) is 6.92 Å². The van der Waals surface area contributed by atoms with Gasteiger partial charge < -0.3 is 5.11 Å². The smallest absolute Gasteiger partial charge is 0.133 e. The summed E-state index contributed by atoms with van der Waals surface area (Å²) in [5, 5.41) is 9.52. The van der Waals surface area contributed by atoms with E-state index in [2.05, 4.69) is 6.92 Å². The van der Waals surface area contributed by atoms with Crippen molar-refractivity contribution in [2.45, 2.75) is 71.6 Å². The predicted molar refractivity (Wildman–Crippen MR) is 91.9 cm³/mol. The first kappa shape index (κ1) is 16.1. The molecule has 0 amide bonds. The van der Waals surface area contributed by atoms with Gasteiger partial charge in [0, 0.05) is 12.5 Å². The molecule has 130 valence electrons. The van der Waals surface area contributed by atoms with Gasteiger partial charge in [0.2, 0.25) is 0 Å². The molecule has 4 saturated carbocycles. The van der Waals surface area contributed by atoms with Crippen LogP contribution in [0.2, 0.25) is 0 Å². The number of aliphatic hydroxyl groups is 1. The summed E-state index contributed by atoms with van der Waals surface area (Å²) in [7, 11) is 0. The molecule has 0 radical (unpaired) electrons. The fourth-order valence-corrected chi connectivity index (χ4v) is 7.78. The second-order valence-electron chi connectivity index (χ2n) is 9.58. The molecule has 0 aromatic rings. The molecular formula is C21H34O2. The van der Waals surface area contributed by atoms with Crippen molar-refractivity contribution in [3.05, 3.63) is 0 Å². The van der Waals surface area contributed by atoms with Crippen LogP contribution in [0.15, 0.2) is 0 Å². The first-order chi connectivity index (χ1) is 11.0. The number of rotatable bonds is 2. The lowest BCUT2D eigenvalue weighted by atomic mass is 9.49. The van der Waals surface area contributed by atoms with E-state index in [4.69, 9.17) is 0 Å². The van der Waals surface area contributed by atoms with E-state index >= 15 is 0 Å². The highest BCUT2D eigenvalue weighted by Crippen LogP contribution is 2.64. The number of carbonyl (C=O) groups excluding carboxylic acids is 1. The minimum Gasteiger partial charge on any atom is -0.396 e. The van der Waals surface area contributed by atoms with Gasteiger partial charge in [-0.25, -0.2) is 0 Å². The zero-order valence-electron chi connectivity index (χ0n) is 15.0. The molecule has 0 aromatic heterocycles. The summed E-state index contributed by atoms with van der Waals surface area (Å²) in [4.78, 5) is 12.1. The Balaban J connectivity index is 1.53. The summed E-state index contributed by atoms with van der Waals surface area (Å²) in [6.07, 6.45) is 11.8. The number of fused-ring (bicyclic) bond motifs is 5. The van der Waals surface area contributed by atoms with Crippen LogP contribution in [0.3, 0.4) is 0 Å². The molecular weight excluding hydrogens is 284 g/mol. The first-order valence-electron chi connectivity index (χ1n) is 10.2. The average molecular weight is 319 g/mol. The summed E-state index contributed by atoms with van der Waals surface area (Å²) in [5.41, 5.74) is 0.308. The predicted octanol–water partition coefficient (Wildman–Crippen LogP) is 4.45. The summed E-state index contributed by atoms with van der Waals surface area (Å²) in [6, 6.07) is 0. The summed E-state index contributed by atoms with van der Waals surface area (Å²) in [6.45, 7) is 4.68. The van der Waals surface area contributed by atoms with Gasteiger partial charge in [0.25, 0.3) is 0 Å². The van der Waals surface area contributed by atoms with E-state index in [1.54, 1.807) is 0 Å². The van der Waals surface area contributed by atoms with Gasteiger partial charge in [0.1, 0.15) is 5.78 Å². The van der Waals surface area contributed by atoms with Crippen molar-refractivity contribution in [3.8, 4) is 0 Å². The van der Waals surface area contributed by atoms with Gasteiger partial charge in [-0.2, -0.15) is 0 Å². The highest BCUT2D eigenvalue weighted by molar-refractivity contribution is 5.79. The van der Waals surface area contributed by atoms with Crippen LogP contribution in [0.1, 0.15) is 71.6 Å². The van der Waals surface area contributed by atoms with E-state index in [0.29, 0.717) is 29.6 Å². The van der Waals surface area contributed by atoms with Gasteiger partial charge >= 0.3 is 0 Å². The van der Waals surface area contributed by atoms with Crippen LogP contribution >= 0.6 is 0 Å². The molecule has 4 rings (SSSR count). The van der Waals surface area contributed by atoms with E-state index in [0.717, 1.165) is 36.0 Å². The Kier molecular flexibility index (Phi) is 4.11. The molecule has 23 heavy (non-hydrogen) atoms. The van der Waals surface area contributed by atoms with Gasteiger partial charge in [0.05, 0.1) is 0 Å². The van der Waals surface area contributed by atoms with Crippen molar-refractivity contribution in [2.75, 3.05) is 6.61 Å². The van der Waals surface area contributed by atoms with Crippen LogP contribution < -0.4 is 0 Å². The fourth-order valence-electron chi connectivity index (χ4n) is 7.78. The number of Topliss-reactive ketones (excluding diaryl/α,β-unsaturated/α-hetero) is 1. The van der Waals surface area contributed by atoms with Crippen LogP contribution in [0, 0.1) is 46.8 Å². The van der Waals surface area contributed by atoms with Crippen molar-refractivity contribution >= 4 is 5.78 Å². The van der Waals surface area contributed by atoms with Crippen LogP contribution in [0.5, 0.6) is 0 Å². The van der Waals surface area contributed by atoms with Gasteiger partial charge in [0.15, 0.2) is 0 Å². The Labute approximate surface area is 141 Å². The third-order valence-corrected chi connectivity index (χ3v) is 8.81. The Hall–Kier alpha value is -0.370. The Morgan fingerprint density at radius 3 is 2.52 bits per heavy atom. The highest BCUT2D eigenvalue weighted by atomic mass is 16.3. The lowest BCUT2D eigenvalue weighted by Gasteiger charge is -2.56. The molecule has 4 aliphatic carbocycles. The van der Waals surface area contributed by atoms with E-state index in [-0.39, 0.29) is 0 Å². The first-order valence-corrected chi connectivity index (χ1v) is 10.2. The van der Waals surface area contributed by atoms with Gasteiger partial charge in [-0.3, -0.25) is 4.79 Å². The number of ketones is 1. The molecule has 0 heterocycles. The highest BCUT2D eigenvalue weighted by Gasteiger charge is 2.57. The number of carbonyl (C=O) groups is 1. The normalized spacial score (nSPS) is 52.4. The standard InChI is InChI=1S/C21H34O2/c1-13(23)19-7-8-20-18-6-4-15-11-14(12-22)3-5-16(15)17(18)9-10-21(19,20)2/h14-20,22H,3-12H2,1-2H3/t14?,15-,16-,17+,18+,19+,20-,21+/m0/s1. The average Bonchev–Trinajstić information content (AvgIpc) is 2.91. The third-order valence-electron chi connectivity index (χ3n) is 8.81. The Bertz CT molecular complexity index is 472. The van der Waals surface area contributed by atoms with Crippen molar-refractivity contribution in [1.29, 1.82) is 0 Å². The molecule has 1 unspecified atom stereocenters. The molecule has 1 N–H and O–H groups in total. The van der Waals surface area contributed by atoms with Crippen molar-refractivity contribution in [1.82, 2.24) is 0 Å². The maximum Gasteiger partial charge on any atom is 0.133 e. The molecule has 4 fully saturated rings. The van der Waals surface area contributed by atoms with Crippen molar-refractivity contribution in [2.24, 2.45) is 46.8 Å². The monoisotopic (exact) mass is 318 g/mol. The molecule has 2 heteroatoms. The molecule has 0 saturated heterocycles. The van der Waals surface area contributed by atoms with Crippen LogP contribution in [-0.4, -0.2) is 17.5 Å². The van der Waals surface area contributed by atoms with E-state index in [9.17, 15) is 9.90 Å². The topological polar surface area (TPSA) is 37.3 Å². The van der Waals surface area contributed by atoms with Crippen LogP contribution in [-0.2, 0) is 4.79 Å². The molecule has 8 atom stereocenters. The van der Waals surface area contributed by atoms with E-state index < -0.39 is 0 Å². The largest absolute Gasteiger partial charge is 0.396 e. The SMILES string of the molecule is CC(=O)[C@H]1CC[C@H]2[C@@H]3CC[C@H]4CC(CO)CC[C@@H]4[C@H]3CC[C@]12C.